The third-order valence-corrected chi connectivity index (χ3v) is 12.3. The summed E-state index contributed by atoms with van der Waals surface area (Å²) >= 11 is 0. The highest BCUT2D eigenvalue weighted by Gasteiger charge is 2.19. The molecule has 0 aromatic carbocycles. The smallest absolute Gasteiger partial charge is 0.306 e. The van der Waals surface area contributed by atoms with Gasteiger partial charge >= 0.3 is 17.9 Å². The average Bonchev–Trinajstić information content (AvgIpc) is 3.30. The van der Waals surface area contributed by atoms with Gasteiger partial charge in [0.2, 0.25) is 0 Å². The molecule has 0 saturated carbocycles. The van der Waals surface area contributed by atoms with Gasteiger partial charge in [0, 0.05) is 19.3 Å². The number of hydrogen-bond acceptors (Lipinski definition) is 6. The summed E-state index contributed by atoms with van der Waals surface area (Å²) in [6, 6.07) is 0. The van der Waals surface area contributed by atoms with Gasteiger partial charge in [-0.3, -0.25) is 14.4 Å². The Balaban J connectivity index is 4.41. The van der Waals surface area contributed by atoms with E-state index < -0.39 is 6.10 Å². The predicted molar refractivity (Wildman–Crippen MR) is 279 cm³/mol. The summed E-state index contributed by atoms with van der Waals surface area (Å²) < 4.78 is 16.8. The largest absolute Gasteiger partial charge is 0.462 e. The molecule has 0 saturated heterocycles. The fraction of sp³-hybridized carbons (Fsp3) is 0.814. The molecule has 1 atom stereocenters. The zero-order valence-electron chi connectivity index (χ0n) is 43.3. The van der Waals surface area contributed by atoms with E-state index in [-0.39, 0.29) is 31.1 Å². The van der Waals surface area contributed by atoms with Gasteiger partial charge in [0.25, 0.3) is 0 Å². The number of allylic oxidation sites excluding steroid dienone is 8. The minimum absolute atomic E-state index is 0.0819. The van der Waals surface area contributed by atoms with Crippen LogP contribution in [0.1, 0.15) is 290 Å². The molecule has 0 N–H and O–H groups in total. The molecule has 0 rings (SSSR count). The predicted octanol–water partition coefficient (Wildman–Crippen LogP) is 18.7. The van der Waals surface area contributed by atoms with Gasteiger partial charge in [0.15, 0.2) is 6.10 Å². The fourth-order valence-corrected chi connectivity index (χ4v) is 8.07. The van der Waals surface area contributed by atoms with Crippen LogP contribution >= 0.6 is 0 Å². The molecular weight excluding hydrogens is 805 g/mol. The summed E-state index contributed by atoms with van der Waals surface area (Å²) in [6.07, 6.45) is 65.2. The molecule has 0 amide bonds. The lowest BCUT2D eigenvalue weighted by atomic mass is 10.0. The molecule has 0 bridgehead atoms. The number of ether oxygens (including phenoxy) is 3. The fourth-order valence-electron chi connectivity index (χ4n) is 8.07. The molecule has 0 aromatic heterocycles. The second-order valence-corrected chi connectivity index (χ2v) is 18.9. The summed E-state index contributed by atoms with van der Waals surface area (Å²) in [6.45, 7) is 6.61. The average molecular weight is 911 g/mol. The molecule has 0 aliphatic heterocycles. The molecule has 65 heavy (non-hydrogen) atoms. The Kier molecular flexibility index (Phi) is 51.8. The van der Waals surface area contributed by atoms with Gasteiger partial charge in [-0.2, -0.15) is 0 Å². The Hall–Kier alpha value is -2.63. The molecule has 0 radical (unpaired) electrons. The van der Waals surface area contributed by atoms with Crippen LogP contribution in [0.2, 0.25) is 0 Å². The van der Waals surface area contributed by atoms with Crippen molar-refractivity contribution in [3.05, 3.63) is 48.6 Å². The number of unbranched alkanes of at least 4 members (excludes halogenated alkanes) is 32. The number of carbonyl (C=O) groups is 3. The second-order valence-electron chi connectivity index (χ2n) is 18.9. The first-order valence-electron chi connectivity index (χ1n) is 28.1. The molecular formula is C59H106O6. The highest BCUT2D eigenvalue weighted by molar-refractivity contribution is 5.71. The van der Waals surface area contributed by atoms with Crippen molar-refractivity contribution in [2.75, 3.05) is 13.2 Å². The van der Waals surface area contributed by atoms with Crippen LogP contribution in [0, 0.1) is 0 Å². The summed E-state index contributed by atoms with van der Waals surface area (Å²) in [4.78, 5) is 38.1. The lowest BCUT2D eigenvalue weighted by Crippen LogP contribution is -2.30. The van der Waals surface area contributed by atoms with Crippen LogP contribution in [-0.4, -0.2) is 37.2 Å². The van der Waals surface area contributed by atoms with Crippen molar-refractivity contribution in [3.8, 4) is 0 Å². The Bertz CT molecular complexity index is 1140. The van der Waals surface area contributed by atoms with Gasteiger partial charge in [-0.15, -0.1) is 0 Å². The Morgan fingerprint density at radius 2 is 0.554 bits per heavy atom. The third-order valence-electron chi connectivity index (χ3n) is 12.3. The monoisotopic (exact) mass is 911 g/mol. The van der Waals surface area contributed by atoms with Crippen molar-refractivity contribution in [1.82, 2.24) is 0 Å². The van der Waals surface area contributed by atoms with Crippen molar-refractivity contribution in [2.45, 2.75) is 297 Å². The Morgan fingerprint density at radius 1 is 0.308 bits per heavy atom. The van der Waals surface area contributed by atoms with E-state index in [1.54, 1.807) is 0 Å². The molecule has 0 aromatic rings. The number of carbonyl (C=O) groups excluding carboxylic acids is 3. The quantitative estimate of drug-likeness (QED) is 0.0262. The van der Waals surface area contributed by atoms with E-state index in [4.69, 9.17) is 14.2 Å². The standard InChI is InChI=1S/C59H106O6/c1-4-7-10-13-16-19-22-25-27-28-29-30-32-35-38-41-44-47-50-53-59(62)65-56(54-63-57(60)51-48-45-42-39-36-33-24-21-18-15-12-9-6-3)55-64-58(61)52-49-46-43-40-37-34-31-26-23-20-17-14-11-8-5-2/h16,19,25,27,29-30,35,38,56H,4-15,17-18,20-24,26,28,31-34,36-37,39-55H2,1-3H3/b19-16-,27-25-,30-29-,38-35-/t56-/m0/s1. The van der Waals surface area contributed by atoms with E-state index in [1.165, 1.54) is 167 Å². The number of rotatable bonds is 51. The molecule has 0 spiro atoms. The van der Waals surface area contributed by atoms with Gasteiger partial charge in [0.1, 0.15) is 13.2 Å². The lowest BCUT2D eigenvalue weighted by molar-refractivity contribution is -0.167. The minimum atomic E-state index is -0.785. The first-order valence-corrected chi connectivity index (χ1v) is 28.1. The van der Waals surface area contributed by atoms with Gasteiger partial charge in [-0.05, 0) is 64.2 Å². The van der Waals surface area contributed by atoms with Crippen LogP contribution in [0.3, 0.4) is 0 Å². The second kappa shape index (κ2) is 54.0. The van der Waals surface area contributed by atoms with Crippen molar-refractivity contribution < 1.29 is 28.6 Å². The maximum absolute atomic E-state index is 12.8. The van der Waals surface area contributed by atoms with Crippen LogP contribution in [0.5, 0.6) is 0 Å². The van der Waals surface area contributed by atoms with Crippen LogP contribution in [0.4, 0.5) is 0 Å². The molecule has 378 valence electrons. The highest BCUT2D eigenvalue weighted by Crippen LogP contribution is 2.16. The topological polar surface area (TPSA) is 78.9 Å². The first kappa shape index (κ1) is 62.4. The van der Waals surface area contributed by atoms with E-state index in [0.29, 0.717) is 19.3 Å². The maximum Gasteiger partial charge on any atom is 0.306 e. The van der Waals surface area contributed by atoms with Gasteiger partial charge < -0.3 is 14.2 Å². The van der Waals surface area contributed by atoms with Gasteiger partial charge in [-0.1, -0.05) is 256 Å². The van der Waals surface area contributed by atoms with Crippen LogP contribution in [0.25, 0.3) is 0 Å². The van der Waals surface area contributed by atoms with E-state index in [0.717, 1.165) is 83.5 Å². The van der Waals surface area contributed by atoms with Gasteiger partial charge in [0.05, 0.1) is 0 Å². The zero-order valence-corrected chi connectivity index (χ0v) is 43.3. The van der Waals surface area contributed by atoms with Crippen molar-refractivity contribution in [1.29, 1.82) is 0 Å². The van der Waals surface area contributed by atoms with Crippen LogP contribution in [-0.2, 0) is 28.6 Å². The number of esters is 3. The normalized spacial score (nSPS) is 12.4. The Morgan fingerprint density at radius 3 is 0.892 bits per heavy atom. The summed E-state index contributed by atoms with van der Waals surface area (Å²) in [7, 11) is 0. The molecule has 6 heteroatoms. The molecule has 6 nitrogen and oxygen atoms in total. The number of hydrogen-bond donors (Lipinski definition) is 0. The Labute approximate surface area is 403 Å². The lowest BCUT2D eigenvalue weighted by Gasteiger charge is -2.18. The molecule has 0 heterocycles. The molecule has 0 aliphatic carbocycles. The third kappa shape index (κ3) is 52.2. The summed E-state index contributed by atoms with van der Waals surface area (Å²) in [5, 5.41) is 0. The van der Waals surface area contributed by atoms with E-state index in [1.807, 2.05) is 0 Å². The highest BCUT2D eigenvalue weighted by atomic mass is 16.6. The molecule has 0 unspecified atom stereocenters. The summed E-state index contributed by atoms with van der Waals surface area (Å²) in [5.74, 6) is -0.898. The first-order chi connectivity index (χ1) is 32.0. The van der Waals surface area contributed by atoms with Crippen molar-refractivity contribution in [2.24, 2.45) is 0 Å². The van der Waals surface area contributed by atoms with Crippen molar-refractivity contribution >= 4 is 17.9 Å². The minimum Gasteiger partial charge on any atom is -0.462 e. The SMILES string of the molecule is CCCCC/C=C\C/C=C\C/C=C\C/C=C\CCCCCC(=O)O[C@@H](COC(=O)CCCCCCCCCCCCCCC)COC(=O)CCCCCCCCCCCCCCCCC. The molecule has 0 fully saturated rings. The summed E-state index contributed by atoms with van der Waals surface area (Å²) in [5.41, 5.74) is 0. The maximum atomic E-state index is 12.8. The molecule has 0 aliphatic rings. The van der Waals surface area contributed by atoms with Crippen LogP contribution < -0.4 is 0 Å². The van der Waals surface area contributed by atoms with Crippen molar-refractivity contribution in [3.63, 3.8) is 0 Å². The van der Waals surface area contributed by atoms with E-state index >= 15 is 0 Å². The van der Waals surface area contributed by atoms with E-state index in [2.05, 4.69) is 69.4 Å². The zero-order chi connectivity index (χ0) is 47.2. The van der Waals surface area contributed by atoms with E-state index in [9.17, 15) is 14.4 Å². The van der Waals surface area contributed by atoms with Gasteiger partial charge in [-0.25, -0.2) is 0 Å². The van der Waals surface area contributed by atoms with Crippen LogP contribution in [0.15, 0.2) is 48.6 Å².